The second-order valence-corrected chi connectivity index (χ2v) is 6.60. The molecule has 1 atom stereocenters. The van der Waals surface area contributed by atoms with Crippen LogP contribution in [0.3, 0.4) is 0 Å². The first-order valence-corrected chi connectivity index (χ1v) is 8.83. The summed E-state index contributed by atoms with van der Waals surface area (Å²) in [5.74, 6) is 0.593. The molecule has 1 fully saturated rings. The zero-order chi connectivity index (χ0) is 17.6. The Balaban J connectivity index is 1.71. The number of carbonyl (C=O) groups excluding carboxylic acids is 1. The summed E-state index contributed by atoms with van der Waals surface area (Å²) >= 11 is 5.90. The van der Waals surface area contributed by atoms with Crippen molar-refractivity contribution in [2.45, 2.75) is 25.6 Å². The maximum absolute atomic E-state index is 12.9. The van der Waals surface area contributed by atoms with E-state index < -0.39 is 0 Å². The number of likely N-dealkylation sites (tertiary alicyclic amines) is 1. The van der Waals surface area contributed by atoms with Gasteiger partial charge in [-0.05, 0) is 42.7 Å². The van der Waals surface area contributed by atoms with Gasteiger partial charge in [-0.2, -0.15) is 0 Å². The van der Waals surface area contributed by atoms with Crippen molar-refractivity contribution in [1.82, 2.24) is 4.90 Å². The van der Waals surface area contributed by atoms with Crippen LogP contribution in [0, 0.1) is 0 Å². The highest BCUT2D eigenvalue weighted by Gasteiger charge is 2.26. The molecule has 0 bridgehead atoms. The molecule has 25 heavy (non-hydrogen) atoms. The zero-order valence-corrected chi connectivity index (χ0v) is 15.0. The van der Waals surface area contributed by atoms with Crippen molar-refractivity contribution in [1.29, 1.82) is 0 Å². The van der Waals surface area contributed by atoms with Crippen molar-refractivity contribution in [2.75, 3.05) is 20.2 Å². The van der Waals surface area contributed by atoms with Gasteiger partial charge in [0, 0.05) is 25.2 Å². The van der Waals surface area contributed by atoms with Crippen LogP contribution in [0.2, 0.25) is 5.02 Å². The summed E-state index contributed by atoms with van der Waals surface area (Å²) < 4.78 is 11.3. The molecule has 0 aromatic heterocycles. The van der Waals surface area contributed by atoms with Gasteiger partial charge in [-0.15, -0.1) is 0 Å². The van der Waals surface area contributed by atoms with Gasteiger partial charge >= 0.3 is 0 Å². The van der Waals surface area contributed by atoms with Crippen LogP contribution in [0.4, 0.5) is 0 Å². The minimum absolute atomic E-state index is 0.00606. The second kappa shape index (κ2) is 8.37. The number of hydrogen-bond donors (Lipinski definition) is 0. The Labute approximate surface area is 153 Å². The third kappa shape index (κ3) is 4.53. The average Bonchev–Trinajstić information content (AvgIpc) is 2.67. The van der Waals surface area contributed by atoms with E-state index in [1.165, 1.54) is 0 Å². The van der Waals surface area contributed by atoms with Crippen LogP contribution in [0.5, 0.6) is 5.75 Å². The number of hydrogen-bond acceptors (Lipinski definition) is 3. The Morgan fingerprint density at radius 3 is 2.72 bits per heavy atom. The van der Waals surface area contributed by atoms with Crippen molar-refractivity contribution in [3.63, 3.8) is 0 Å². The van der Waals surface area contributed by atoms with Crippen molar-refractivity contribution in [2.24, 2.45) is 0 Å². The quantitative estimate of drug-likeness (QED) is 0.804. The van der Waals surface area contributed by atoms with E-state index in [4.69, 9.17) is 21.1 Å². The SMILES string of the molecule is COC1CCCN(C(=O)c2ccccc2OCc2ccc(Cl)cc2)C1. The minimum Gasteiger partial charge on any atom is -0.488 e. The predicted octanol–water partition coefficient (Wildman–Crippen LogP) is 4.17. The number of benzene rings is 2. The Morgan fingerprint density at radius 2 is 1.96 bits per heavy atom. The van der Waals surface area contributed by atoms with Gasteiger partial charge in [-0.25, -0.2) is 0 Å². The van der Waals surface area contributed by atoms with E-state index in [-0.39, 0.29) is 12.0 Å². The number of para-hydroxylation sites is 1. The van der Waals surface area contributed by atoms with Crippen LogP contribution in [-0.2, 0) is 11.3 Å². The normalized spacial score (nSPS) is 17.4. The Kier molecular flexibility index (Phi) is 5.95. The fourth-order valence-electron chi connectivity index (χ4n) is 3.00. The highest BCUT2D eigenvalue weighted by Crippen LogP contribution is 2.23. The first-order valence-electron chi connectivity index (χ1n) is 8.45. The summed E-state index contributed by atoms with van der Waals surface area (Å²) in [5, 5.41) is 0.692. The maximum atomic E-state index is 12.9. The van der Waals surface area contributed by atoms with Crippen molar-refractivity contribution >= 4 is 17.5 Å². The molecule has 5 heteroatoms. The summed E-state index contributed by atoms with van der Waals surface area (Å²) in [4.78, 5) is 14.8. The number of nitrogens with zero attached hydrogens (tertiary/aromatic N) is 1. The highest BCUT2D eigenvalue weighted by molar-refractivity contribution is 6.30. The van der Waals surface area contributed by atoms with Crippen LogP contribution in [0.15, 0.2) is 48.5 Å². The number of piperidine rings is 1. The molecule has 0 radical (unpaired) electrons. The lowest BCUT2D eigenvalue weighted by molar-refractivity contribution is 0.0266. The third-order valence-corrected chi connectivity index (χ3v) is 4.68. The van der Waals surface area contributed by atoms with Crippen LogP contribution in [0.1, 0.15) is 28.8 Å². The Bertz CT molecular complexity index is 717. The second-order valence-electron chi connectivity index (χ2n) is 6.16. The van der Waals surface area contributed by atoms with Crippen LogP contribution < -0.4 is 4.74 Å². The van der Waals surface area contributed by atoms with Crippen LogP contribution >= 0.6 is 11.6 Å². The molecular formula is C20H22ClNO3. The number of ether oxygens (including phenoxy) is 2. The number of methoxy groups -OCH3 is 1. The highest BCUT2D eigenvalue weighted by atomic mass is 35.5. The summed E-state index contributed by atoms with van der Waals surface area (Å²) in [6, 6.07) is 14.9. The molecule has 1 heterocycles. The third-order valence-electron chi connectivity index (χ3n) is 4.42. The van der Waals surface area contributed by atoms with E-state index in [9.17, 15) is 4.79 Å². The monoisotopic (exact) mass is 359 g/mol. The fraction of sp³-hybridized carbons (Fsp3) is 0.350. The van der Waals surface area contributed by atoms with E-state index in [0.29, 0.717) is 29.5 Å². The first kappa shape index (κ1) is 17.8. The molecule has 1 aliphatic rings. The molecule has 1 saturated heterocycles. The molecule has 3 rings (SSSR count). The van der Waals surface area contributed by atoms with Gasteiger partial charge in [-0.1, -0.05) is 35.9 Å². The zero-order valence-electron chi connectivity index (χ0n) is 14.3. The van der Waals surface area contributed by atoms with Crippen molar-refractivity contribution in [3.8, 4) is 5.75 Å². The molecule has 0 N–H and O–H groups in total. The van der Waals surface area contributed by atoms with E-state index in [1.54, 1.807) is 7.11 Å². The lowest BCUT2D eigenvalue weighted by Crippen LogP contribution is -2.43. The average molecular weight is 360 g/mol. The lowest BCUT2D eigenvalue weighted by atomic mass is 10.1. The van der Waals surface area contributed by atoms with Gasteiger partial charge < -0.3 is 14.4 Å². The number of rotatable bonds is 5. The summed E-state index contributed by atoms with van der Waals surface area (Å²) in [7, 11) is 1.70. The smallest absolute Gasteiger partial charge is 0.257 e. The molecular weight excluding hydrogens is 338 g/mol. The molecule has 1 unspecified atom stereocenters. The maximum Gasteiger partial charge on any atom is 0.257 e. The van der Waals surface area contributed by atoms with E-state index >= 15 is 0 Å². The van der Waals surface area contributed by atoms with E-state index in [1.807, 2.05) is 53.4 Å². The molecule has 2 aromatic rings. The molecule has 132 valence electrons. The Morgan fingerprint density at radius 1 is 1.20 bits per heavy atom. The summed E-state index contributed by atoms with van der Waals surface area (Å²) in [6.07, 6.45) is 2.06. The topological polar surface area (TPSA) is 38.8 Å². The first-order chi connectivity index (χ1) is 12.2. The van der Waals surface area contributed by atoms with Gasteiger partial charge in [0.2, 0.25) is 0 Å². The van der Waals surface area contributed by atoms with Crippen LogP contribution in [0.25, 0.3) is 0 Å². The van der Waals surface area contributed by atoms with Gasteiger partial charge in [0.1, 0.15) is 12.4 Å². The lowest BCUT2D eigenvalue weighted by Gasteiger charge is -2.32. The molecule has 0 saturated carbocycles. The minimum atomic E-state index is -0.00606. The number of amides is 1. The summed E-state index contributed by atoms with van der Waals surface area (Å²) in [6.45, 7) is 1.77. The van der Waals surface area contributed by atoms with Gasteiger partial charge in [0.05, 0.1) is 11.7 Å². The molecule has 0 aliphatic carbocycles. The molecule has 0 spiro atoms. The van der Waals surface area contributed by atoms with E-state index in [2.05, 4.69) is 0 Å². The van der Waals surface area contributed by atoms with E-state index in [0.717, 1.165) is 24.9 Å². The Hall–Kier alpha value is -2.04. The predicted molar refractivity (Wildman–Crippen MR) is 98.2 cm³/mol. The summed E-state index contributed by atoms with van der Waals surface area (Å²) in [5.41, 5.74) is 1.59. The molecule has 4 nitrogen and oxygen atoms in total. The molecule has 2 aromatic carbocycles. The number of halogens is 1. The van der Waals surface area contributed by atoms with Gasteiger partial charge in [0.15, 0.2) is 0 Å². The molecule has 1 aliphatic heterocycles. The van der Waals surface area contributed by atoms with Crippen molar-refractivity contribution < 1.29 is 14.3 Å². The van der Waals surface area contributed by atoms with Crippen LogP contribution in [-0.4, -0.2) is 37.1 Å². The fourth-order valence-corrected chi connectivity index (χ4v) is 3.12. The largest absolute Gasteiger partial charge is 0.488 e. The van der Waals surface area contributed by atoms with Gasteiger partial charge in [-0.3, -0.25) is 4.79 Å². The standard InChI is InChI=1S/C20H22ClNO3/c1-24-17-5-4-12-22(13-17)20(23)18-6-2-3-7-19(18)25-14-15-8-10-16(21)11-9-15/h2-3,6-11,17H,4-5,12-14H2,1H3. The van der Waals surface area contributed by atoms with Gasteiger partial charge in [0.25, 0.3) is 5.91 Å². The molecule has 1 amide bonds. The number of carbonyl (C=O) groups is 1. The van der Waals surface area contributed by atoms with Crippen molar-refractivity contribution in [3.05, 3.63) is 64.7 Å².